The Kier molecular flexibility index (Phi) is 6.41. The van der Waals surface area contributed by atoms with E-state index < -0.39 is 10.5 Å². The molecule has 0 aliphatic carbocycles. The zero-order valence-corrected chi connectivity index (χ0v) is 19.3. The minimum Gasteiger partial charge on any atom is -0.363 e. The molecule has 1 aromatic heterocycles. The second-order valence-electron chi connectivity index (χ2n) is 8.55. The van der Waals surface area contributed by atoms with Gasteiger partial charge >= 0.3 is 11.2 Å². The summed E-state index contributed by atoms with van der Waals surface area (Å²) in [4.78, 5) is 29.5. The third kappa shape index (κ3) is 4.58. The Balaban J connectivity index is 1.46. The van der Waals surface area contributed by atoms with Gasteiger partial charge in [-0.15, -0.1) is 0 Å². The first-order chi connectivity index (χ1) is 17.1. The van der Waals surface area contributed by atoms with E-state index >= 15 is 0 Å². The summed E-state index contributed by atoms with van der Waals surface area (Å²) in [5, 5.41) is 12.9. The van der Waals surface area contributed by atoms with Crippen LogP contribution in [0, 0.1) is 10.1 Å². The summed E-state index contributed by atoms with van der Waals surface area (Å²) in [5.41, 5.74) is 1.87. The number of aromatic nitrogens is 1. The van der Waals surface area contributed by atoms with Gasteiger partial charge < -0.3 is 4.90 Å². The van der Waals surface area contributed by atoms with Crippen LogP contribution in [0.3, 0.4) is 0 Å². The van der Waals surface area contributed by atoms with E-state index in [0.717, 1.165) is 25.2 Å². The maximum atomic E-state index is 13.5. The van der Waals surface area contributed by atoms with E-state index in [1.165, 1.54) is 4.57 Å². The molecule has 35 heavy (non-hydrogen) atoms. The fourth-order valence-corrected chi connectivity index (χ4v) is 4.69. The summed E-state index contributed by atoms with van der Waals surface area (Å²) < 4.78 is 1.45. The van der Waals surface area contributed by atoms with E-state index in [2.05, 4.69) is 29.2 Å². The maximum Gasteiger partial charge on any atom is 0.358 e. The number of hydrogen-bond acceptors (Lipinski definition) is 5. The van der Waals surface area contributed by atoms with E-state index in [0.29, 0.717) is 35.4 Å². The van der Waals surface area contributed by atoms with Crippen LogP contribution in [-0.4, -0.2) is 47.1 Å². The van der Waals surface area contributed by atoms with Crippen LogP contribution in [0.2, 0.25) is 0 Å². The van der Waals surface area contributed by atoms with Gasteiger partial charge in [-0.1, -0.05) is 78.9 Å². The Bertz CT molecular complexity index is 1420. The number of pyridine rings is 1. The zero-order chi connectivity index (χ0) is 24.2. The summed E-state index contributed by atoms with van der Waals surface area (Å²) >= 11 is 0. The molecule has 0 radical (unpaired) electrons. The molecular weight excluding hydrogens is 440 g/mol. The standard InChI is InChI=1S/C28H26N4O3/c33-28-27(32(34)35)26(24-15-7-8-16-25(24)31(28)23-13-5-2-6-14-23)30-20-18-29(19-21-30)17-9-12-22-10-3-1-4-11-22/h1-16H,17-21H2/b12-9+. The molecule has 7 nitrogen and oxygen atoms in total. The SMILES string of the molecule is O=c1c([N+](=O)[O-])c(N2CCN(C/C=C/c3ccccc3)CC2)c2ccccc2n1-c1ccccc1. The molecule has 4 aromatic rings. The number of benzene rings is 3. The maximum absolute atomic E-state index is 13.5. The van der Waals surface area contributed by atoms with Gasteiger partial charge in [0.25, 0.3) is 0 Å². The van der Waals surface area contributed by atoms with E-state index in [1.807, 2.05) is 65.6 Å². The van der Waals surface area contributed by atoms with Gasteiger partial charge in [0.05, 0.1) is 10.4 Å². The summed E-state index contributed by atoms with van der Waals surface area (Å²) in [6.07, 6.45) is 4.25. The average Bonchev–Trinajstić information content (AvgIpc) is 2.89. The van der Waals surface area contributed by atoms with Crippen molar-refractivity contribution in [2.24, 2.45) is 0 Å². The number of hydrogen-bond donors (Lipinski definition) is 0. The Morgan fingerprint density at radius 1 is 0.829 bits per heavy atom. The molecule has 1 aliphatic rings. The van der Waals surface area contributed by atoms with E-state index in [9.17, 15) is 14.9 Å². The summed E-state index contributed by atoms with van der Waals surface area (Å²) in [5.74, 6) is 0. The molecule has 5 rings (SSSR count). The Labute approximate surface area is 203 Å². The van der Waals surface area contributed by atoms with Gasteiger partial charge in [-0.2, -0.15) is 0 Å². The molecule has 1 aliphatic heterocycles. The summed E-state index contributed by atoms with van der Waals surface area (Å²) in [6, 6.07) is 26.7. The van der Waals surface area contributed by atoms with Crippen molar-refractivity contribution < 1.29 is 4.92 Å². The van der Waals surface area contributed by atoms with Crippen LogP contribution in [0.15, 0.2) is 95.8 Å². The van der Waals surface area contributed by atoms with Gasteiger partial charge in [0.1, 0.15) is 5.69 Å². The molecule has 0 bridgehead atoms. The monoisotopic (exact) mass is 466 g/mol. The normalized spacial score (nSPS) is 14.6. The fourth-order valence-electron chi connectivity index (χ4n) is 4.69. The predicted molar refractivity (Wildman–Crippen MR) is 140 cm³/mol. The van der Waals surface area contributed by atoms with Crippen molar-refractivity contribution >= 4 is 28.4 Å². The van der Waals surface area contributed by atoms with Crippen molar-refractivity contribution in [1.29, 1.82) is 0 Å². The molecule has 0 atom stereocenters. The molecule has 176 valence electrons. The lowest BCUT2D eigenvalue weighted by Gasteiger charge is -2.35. The van der Waals surface area contributed by atoms with Crippen LogP contribution in [-0.2, 0) is 0 Å². The van der Waals surface area contributed by atoms with Crippen LogP contribution in [0.1, 0.15) is 5.56 Å². The Morgan fingerprint density at radius 2 is 1.46 bits per heavy atom. The lowest BCUT2D eigenvalue weighted by molar-refractivity contribution is -0.385. The second-order valence-corrected chi connectivity index (χ2v) is 8.55. The average molecular weight is 467 g/mol. The number of fused-ring (bicyclic) bond motifs is 1. The van der Waals surface area contributed by atoms with Crippen molar-refractivity contribution in [2.45, 2.75) is 0 Å². The van der Waals surface area contributed by atoms with Crippen molar-refractivity contribution in [3.8, 4) is 5.69 Å². The van der Waals surface area contributed by atoms with Crippen LogP contribution in [0.4, 0.5) is 11.4 Å². The Hall–Kier alpha value is -4.23. The number of nitro groups is 1. The summed E-state index contributed by atoms with van der Waals surface area (Å²) in [6.45, 7) is 3.54. The van der Waals surface area contributed by atoms with E-state index in [-0.39, 0.29) is 5.69 Å². The topological polar surface area (TPSA) is 71.6 Å². The lowest BCUT2D eigenvalue weighted by Crippen LogP contribution is -2.47. The molecule has 1 saturated heterocycles. The third-order valence-corrected chi connectivity index (χ3v) is 6.39. The van der Waals surface area contributed by atoms with Crippen LogP contribution < -0.4 is 10.5 Å². The molecule has 0 saturated carbocycles. The van der Waals surface area contributed by atoms with Crippen molar-refractivity contribution in [3.05, 3.63) is 117 Å². The Morgan fingerprint density at radius 3 is 2.14 bits per heavy atom. The molecule has 2 heterocycles. The number of piperazine rings is 1. The van der Waals surface area contributed by atoms with Gasteiger partial charge in [0, 0.05) is 43.8 Å². The van der Waals surface area contributed by atoms with Crippen LogP contribution in [0.25, 0.3) is 22.7 Å². The summed E-state index contributed by atoms with van der Waals surface area (Å²) in [7, 11) is 0. The quantitative estimate of drug-likeness (QED) is 0.303. The highest BCUT2D eigenvalue weighted by Gasteiger charge is 2.31. The van der Waals surface area contributed by atoms with E-state index in [1.54, 1.807) is 12.1 Å². The number of rotatable bonds is 6. The van der Waals surface area contributed by atoms with E-state index in [4.69, 9.17) is 0 Å². The molecular formula is C28H26N4O3. The van der Waals surface area contributed by atoms with Crippen molar-refractivity contribution in [1.82, 2.24) is 9.47 Å². The zero-order valence-electron chi connectivity index (χ0n) is 19.3. The minimum atomic E-state index is -0.608. The van der Waals surface area contributed by atoms with Gasteiger partial charge in [-0.05, 0) is 23.8 Å². The third-order valence-electron chi connectivity index (χ3n) is 6.39. The van der Waals surface area contributed by atoms with Crippen LogP contribution >= 0.6 is 0 Å². The highest BCUT2D eigenvalue weighted by Crippen LogP contribution is 2.35. The first kappa shape index (κ1) is 22.6. The molecule has 0 unspecified atom stereocenters. The van der Waals surface area contributed by atoms with Gasteiger partial charge in [0.2, 0.25) is 0 Å². The van der Waals surface area contributed by atoms with Gasteiger partial charge in [-0.25, -0.2) is 0 Å². The smallest absolute Gasteiger partial charge is 0.358 e. The molecule has 0 amide bonds. The second kappa shape index (κ2) is 9.95. The first-order valence-corrected chi connectivity index (χ1v) is 11.7. The largest absolute Gasteiger partial charge is 0.363 e. The molecule has 7 heteroatoms. The van der Waals surface area contributed by atoms with Crippen LogP contribution in [0.5, 0.6) is 0 Å². The predicted octanol–water partition coefficient (Wildman–Crippen LogP) is 4.73. The molecule has 0 N–H and O–H groups in total. The highest BCUT2D eigenvalue weighted by molar-refractivity contribution is 5.97. The lowest BCUT2D eigenvalue weighted by atomic mass is 10.1. The van der Waals surface area contributed by atoms with Crippen molar-refractivity contribution in [3.63, 3.8) is 0 Å². The number of nitrogens with zero attached hydrogens (tertiary/aromatic N) is 4. The first-order valence-electron chi connectivity index (χ1n) is 11.7. The fraction of sp³-hybridized carbons (Fsp3) is 0.179. The van der Waals surface area contributed by atoms with Crippen molar-refractivity contribution in [2.75, 3.05) is 37.6 Å². The molecule has 1 fully saturated rings. The minimum absolute atomic E-state index is 0.370. The number of anilines is 1. The number of para-hydroxylation sites is 2. The van der Waals surface area contributed by atoms with Gasteiger partial charge in [-0.3, -0.25) is 24.4 Å². The van der Waals surface area contributed by atoms with Gasteiger partial charge in [0.15, 0.2) is 0 Å². The molecule has 0 spiro atoms. The molecule has 3 aromatic carbocycles. The highest BCUT2D eigenvalue weighted by atomic mass is 16.6.